The van der Waals surface area contributed by atoms with Crippen molar-refractivity contribution in [3.8, 4) is 17.2 Å². The highest BCUT2D eigenvalue weighted by Gasteiger charge is 2.13. The van der Waals surface area contributed by atoms with E-state index < -0.39 is 5.97 Å². The Bertz CT molecular complexity index is 471. The third-order valence-electron chi connectivity index (χ3n) is 2.43. The van der Waals surface area contributed by atoms with Crippen molar-refractivity contribution in [2.45, 2.75) is 0 Å². The zero-order valence-corrected chi connectivity index (χ0v) is 11.4. The Kier molecular flexibility index (Phi) is 5.05. The van der Waals surface area contributed by atoms with Gasteiger partial charge in [0.2, 0.25) is 5.75 Å². The minimum Gasteiger partial charge on any atom is -0.493 e. The number of carbonyl (C=O) groups is 1. The molecule has 0 aliphatic heterocycles. The van der Waals surface area contributed by atoms with Gasteiger partial charge in [-0.3, -0.25) is 0 Å². The van der Waals surface area contributed by atoms with E-state index in [4.69, 9.17) is 19.9 Å². The van der Waals surface area contributed by atoms with E-state index in [2.05, 4.69) is 4.74 Å². The molecule has 2 N–H and O–H groups in total. The average Bonchev–Trinajstić information content (AvgIpc) is 2.44. The summed E-state index contributed by atoms with van der Waals surface area (Å²) in [7, 11) is 5.79. The molecule has 0 amide bonds. The Morgan fingerprint density at radius 3 is 1.95 bits per heavy atom. The number of carbonyl (C=O) groups excluding carboxylic acids is 1. The standard InChI is InChI=1S/C13H17NO5/c1-16-10-6-8(5-9(14)13(15)19-4)7-11(17-2)12(10)18-3/h5-7H,14H2,1-4H3/b9-5-. The molecule has 0 unspecified atom stereocenters. The van der Waals surface area contributed by atoms with Crippen LogP contribution in [-0.2, 0) is 9.53 Å². The van der Waals surface area contributed by atoms with E-state index in [1.165, 1.54) is 34.5 Å². The van der Waals surface area contributed by atoms with Crippen LogP contribution in [0.4, 0.5) is 0 Å². The number of hydrogen-bond acceptors (Lipinski definition) is 6. The summed E-state index contributed by atoms with van der Waals surface area (Å²) in [5.41, 5.74) is 6.21. The normalized spacial score (nSPS) is 10.8. The van der Waals surface area contributed by atoms with Gasteiger partial charge in [-0.1, -0.05) is 0 Å². The van der Waals surface area contributed by atoms with Gasteiger partial charge in [0.25, 0.3) is 0 Å². The predicted molar refractivity (Wildman–Crippen MR) is 70.3 cm³/mol. The summed E-state index contributed by atoms with van der Waals surface area (Å²) < 4.78 is 20.1. The molecule has 1 aromatic rings. The van der Waals surface area contributed by atoms with Crippen molar-refractivity contribution in [2.75, 3.05) is 28.4 Å². The maximum absolute atomic E-state index is 11.2. The molecule has 0 saturated carbocycles. The van der Waals surface area contributed by atoms with Crippen molar-refractivity contribution in [3.63, 3.8) is 0 Å². The number of nitrogens with two attached hydrogens (primary N) is 1. The third kappa shape index (κ3) is 3.31. The van der Waals surface area contributed by atoms with Crippen LogP contribution in [0.1, 0.15) is 5.56 Å². The molecule has 1 aromatic carbocycles. The van der Waals surface area contributed by atoms with E-state index in [0.717, 1.165) is 0 Å². The summed E-state index contributed by atoms with van der Waals surface area (Å²) in [4.78, 5) is 11.2. The fraction of sp³-hybridized carbons (Fsp3) is 0.308. The number of rotatable bonds is 5. The molecular weight excluding hydrogens is 250 g/mol. The van der Waals surface area contributed by atoms with Gasteiger partial charge in [0.05, 0.1) is 28.4 Å². The zero-order valence-electron chi connectivity index (χ0n) is 11.4. The Balaban J connectivity index is 3.27. The van der Waals surface area contributed by atoms with Gasteiger partial charge in [-0.15, -0.1) is 0 Å². The number of esters is 1. The van der Waals surface area contributed by atoms with Crippen LogP contribution < -0.4 is 19.9 Å². The van der Waals surface area contributed by atoms with Crippen molar-refractivity contribution in [1.82, 2.24) is 0 Å². The third-order valence-corrected chi connectivity index (χ3v) is 2.43. The molecule has 1 rings (SSSR count). The Hall–Kier alpha value is -2.37. The molecule has 0 bridgehead atoms. The fourth-order valence-corrected chi connectivity index (χ4v) is 1.54. The van der Waals surface area contributed by atoms with Crippen molar-refractivity contribution in [2.24, 2.45) is 5.73 Å². The molecule has 19 heavy (non-hydrogen) atoms. The lowest BCUT2D eigenvalue weighted by molar-refractivity contribution is -0.136. The van der Waals surface area contributed by atoms with Crippen LogP contribution >= 0.6 is 0 Å². The average molecular weight is 267 g/mol. The summed E-state index contributed by atoms with van der Waals surface area (Å²) in [6.45, 7) is 0. The molecule has 6 nitrogen and oxygen atoms in total. The quantitative estimate of drug-likeness (QED) is 0.637. The molecule has 0 aromatic heterocycles. The van der Waals surface area contributed by atoms with E-state index in [9.17, 15) is 4.79 Å². The van der Waals surface area contributed by atoms with E-state index in [1.54, 1.807) is 12.1 Å². The van der Waals surface area contributed by atoms with Gasteiger partial charge in [0, 0.05) is 0 Å². The fourth-order valence-electron chi connectivity index (χ4n) is 1.54. The molecule has 6 heteroatoms. The molecule has 0 radical (unpaired) electrons. The second-order valence-corrected chi connectivity index (χ2v) is 3.55. The topological polar surface area (TPSA) is 80.0 Å². The van der Waals surface area contributed by atoms with Gasteiger partial charge in [0.15, 0.2) is 11.5 Å². The first-order chi connectivity index (χ1) is 9.07. The van der Waals surface area contributed by atoms with E-state index in [1.807, 2.05) is 0 Å². The molecule has 0 spiro atoms. The highest BCUT2D eigenvalue weighted by Crippen LogP contribution is 2.38. The maximum Gasteiger partial charge on any atom is 0.353 e. The van der Waals surface area contributed by atoms with E-state index >= 15 is 0 Å². The first-order valence-corrected chi connectivity index (χ1v) is 5.42. The van der Waals surface area contributed by atoms with Crippen molar-refractivity contribution in [1.29, 1.82) is 0 Å². The van der Waals surface area contributed by atoms with Crippen LogP contribution in [0.15, 0.2) is 17.8 Å². The highest BCUT2D eigenvalue weighted by molar-refractivity contribution is 5.92. The molecule has 104 valence electrons. The summed E-state index contributed by atoms with van der Waals surface area (Å²) in [5, 5.41) is 0. The number of benzene rings is 1. The summed E-state index contributed by atoms with van der Waals surface area (Å²) in [5.74, 6) is 0.823. The summed E-state index contributed by atoms with van der Waals surface area (Å²) >= 11 is 0. The highest BCUT2D eigenvalue weighted by atomic mass is 16.5. The molecule has 0 fully saturated rings. The lowest BCUT2D eigenvalue weighted by atomic mass is 10.1. The van der Waals surface area contributed by atoms with Crippen LogP contribution in [0.25, 0.3) is 6.08 Å². The Morgan fingerprint density at radius 1 is 1.05 bits per heavy atom. The monoisotopic (exact) mass is 267 g/mol. The van der Waals surface area contributed by atoms with Gasteiger partial charge in [0.1, 0.15) is 5.70 Å². The molecule has 0 heterocycles. The van der Waals surface area contributed by atoms with Gasteiger partial charge >= 0.3 is 5.97 Å². The lowest BCUT2D eigenvalue weighted by Crippen LogP contribution is -2.12. The van der Waals surface area contributed by atoms with Gasteiger partial charge in [-0.05, 0) is 23.8 Å². The maximum atomic E-state index is 11.2. The number of hydrogen-bond donors (Lipinski definition) is 1. The first-order valence-electron chi connectivity index (χ1n) is 5.42. The van der Waals surface area contributed by atoms with Crippen LogP contribution in [0, 0.1) is 0 Å². The molecular formula is C13H17NO5. The lowest BCUT2D eigenvalue weighted by Gasteiger charge is -2.13. The SMILES string of the molecule is COC(=O)/C(N)=C/c1cc(OC)c(OC)c(OC)c1. The largest absolute Gasteiger partial charge is 0.493 e. The van der Waals surface area contributed by atoms with Crippen molar-refractivity contribution in [3.05, 3.63) is 23.4 Å². The van der Waals surface area contributed by atoms with Crippen LogP contribution in [0.5, 0.6) is 17.2 Å². The molecule has 0 aliphatic rings. The van der Waals surface area contributed by atoms with Crippen LogP contribution in [-0.4, -0.2) is 34.4 Å². The van der Waals surface area contributed by atoms with E-state index in [0.29, 0.717) is 22.8 Å². The summed E-state index contributed by atoms with van der Waals surface area (Å²) in [6.07, 6.45) is 1.47. The van der Waals surface area contributed by atoms with Crippen LogP contribution in [0.2, 0.25) is 0 Å². The molecule has 0 aliphatic carbocycles. The Labute approximate surface area is 111 Å². The second-order valence-electron chi connectivity index (χ2n) is 3.55. The minimum absolute atomic E-state index is 0.0169. The minimum atomic E-state index is -0.603. The van der Waals surface area contributed by atoms with Gasteiger partial charge in [-0.25, -0.2) is 4.79 Å². The second kappa shape index (κ2) is 6.53. The van der Waals surface area contributed by atoms with Crippen molar-refractivity contribution >= 4 is 12.0 Å². The van der Waals surface area contributed by atoms with Gasteiger partial charge < -0.3 is 24.7 Å². The Morgan fingerprint density at radius 2 is 1.58 bits per heavy atom. The number of methoxy groups -OCH3 is 4. The van der Waals surface area contributed by atoms with Crippen molar-refractivity contribution < 1.29 is 23.7 Å². The molecule has 0 atom stereocenters. The summed E-state index contributed by atoms with van der Waals surface area (Å²) in [6, 6.07) is 3.36. The molecule has 0 saturated heterocycles. The number of ether oxygens (including phenoxy) is 4. The zero-order chi connectivity index (χ0) is 14.4. The van der Waals surface area contributed by atoms with E-state index in [-0.39, 0.29) is 5.70 Å². The van der Waals surface area contributed by atoms with Gasteiger partial charge in [-0.2, -0.15) is 0 Å². The first kappa shape index (κ1) is 14.7. The van der Waals surface area contributed by atoms with Crippen LogP contribution in [0.3, 0.4) is 0 Å². The smallest absolute Gasteiger partial charge is 0.353 e. The predicted octanol–water partition coefficient (Wildman–Crippen LogP) is 1.18.